The van der Waals surface area contributed by atoms with E-state index in [0.717, 1.165) is 29.0 Å². The van der Waals surface area contributed by atoms with Crippen LogP contribution in [-0.2, 0) is 22.9 Å². The highest BCUT2D eigenvalue weighted by Gasteiger charge is 2.11. The minimum atomic E-state index is -3.21. The van der Waals surface area contributed by atoms with Crippen molar-refractivity contribution in [1.82, 2.24) is 15.5 Å². The summed E-state index contributed by atoms with van der Waals surface area (Å²) in [6, 6.07) is 13.3. The quantitative estimate of drug-likeness (QED) is 0.467. The summed E-state index contributed by atoms with van der Waals surface area (Å²) < 4.78 is 29.3. The lowest BCUT2D eigenvalue weighted by atomic mass is 10.1. The van der Waals surface area contributed by atoms with Gasteiger partial charge in [-0.25, -0.2) is 8.42 Å². The number of rotatable bonds is 9. The molecule has 0 aliphatic heterocycles. The second-order valence-corrected chi connectivity index (χ2v) is 9.43. The van der Waals surface area contributed by atoms with Crippen molar-refractivity contribution in [3.8, 4) is 5.75 Å². The van der Waals surface area contributed by atoms with E-state index < -0.39 is 9.84 Å². The zero-order valence-corrected chi connectivity index (χ0v) is 19.2. The largest absolute Gasteiger partial charge is 0.492 e. The molecule has 2 N–H and O–H groups in total. The molecule has 0 fully saturated rings. The normalized spacial score (nSPS) is 12.1. The first kappa shape index (κ1) is 23.7. The topological polar surface area (TPSA) is 83.0 Å². The van der Waals surface area contributed by atoms with Crippen molar-refractivity contribution < 1.29 is 13.2 Å². The monoisotopic (exact) mass is 432 g/mol. The van der Waals surface area contributed by atoms with Crippen LogP contribution in [0.25, 0.3) is 0 Å². The third-order valence-corrected chi connectivity index (χ3v) is 5.75. The maximum atomic E-state index is 11.8. The number of benzene rings is 2. The molecule has 0 aliphatic rings. The molecule has 0 atom stereocenters. The molecular formula is C22H32N4O3S. The lowest BCUT2D eigenvalue weighted by Crippen LogP contribution is -2.36. The highest BCUT2D eigenvalue weighted by molar-refractivity contribution is 7.90. The fourth-order valence-corrected chi connectivity index (χ4v) is 3.88. The first-order valence-electron chi connectivity index (χ1n) is 9.79. The van der Waals surface area contributed by atoms with Crippen molar-refractivity contribution in [3.63, 3.8) is 0 Å². The molecule has 7 nitrogen and oxygen atoms in total. The zero-order valence-electron chi connectivity index (χ0n) is 18.4. The maximum absolute atomic E-state index is 11.8. The Balaban J connectivity index is 1.89. The highest BCUT2D eigenvalue weighted by Crippen LogP contribution is 2.16. The van der Waals surface area contributed by atoms with Gasteiger partial charge in [0.25, 0.3) is 0 Å². The van der Waals surface area contributed by atoms with Gasteiger partial charge in [-0.1, -0.05) is 24.3 Å². The zero-order chi connectivity index (χ0) is 22.1. The molecule has 2 aromatic carbocycles. The van der Waals surface area contributed by atoms with Gasteiger partial charge in [-0.05, 0) is 55.9 Å². The Hall–Kier alpha value is -2.58. The van der Waals surface area contributed by atoms with Gasteiger partial charge in [-0.3, -0.25) is 4.99 Å². The second kappa shape index (κ2) is 11.0. The van der Waals surface area contributed by atoms with Gasteiger partial charge < -0.3 is 20.3 Å². The predicted molar refractivity (Wildman–Crippen MR) is 122 cm³/mol. The number of aliphatic imine (C=N–C) groups is 1. The van der Waals surface area contributed by atoms with Crippen LogP contribution in [0.3, 0.4) is 0 Å². The van der Waals surface area contributed by atoms with E-state index >= 15 is 0 Å². The average Bonchev–Trinajstić information content (AvgIpc) is 2.67. The molecule has 0 heterocycles. The van der Waals surface area contributed by atoms with E-state index in [9.17, 15) is 8.42 Å². The predicted octanol–water partition coefficient (Wildman–Crippen LogP) is 2.20. The number of sulfone groups is 1. The summed E-state index contributed by atoms with van der Waals surface area (Å²) >= 11 is 0. The van der Waals surface area contributed by atoms with Gasteiger partial charge in [-0.2, -0.15) is 0 Å². The molecule has 164 valence electrons. The van der Waals surface area contributed by atoms with E-state index in [0.29, 0.717) is 30.6 Å². The van der Waals surface area contributed by atoms with Gasteiger partial charge in [0.1, 0.15) is 12.4 Å². The van der Waals surface area contributed by atoms with Crippen molar-refractivity contribution in [1.29, 1.82) is 0 Å². The molecule has 0 unspecified atom stereocenters. The van der Waals surface area contributed by atoms with Gasteiger partial charge >= 0.3 is 0 Å². The Morgan fingerprint density at radius 1 is 1.07 bits per heavy atom. The fraction of sp³-hybridized carbons (Fsp3) is 0.409. The molecule has 0 amide bonds. The van der Waals surface area contributed by atoms with Crippen LogP contribution in [0.2, 0.25) is 0 Å². The van der Waals surface area contributed by atoms with Crippen LogP contribution in [0.15, 0.2) is 52.4 Å². The molecule has 0 radical (unpaired) electrons. The van der Waals surface area contributed by atoms with E-state index in [1.54, 1.807) is 20.0 Å². The van der Waals surface area contributed by atoms with Crippen LogP contribution >= 0.6 is 0 Å². The molecule has 0 spiro atoms. The Morgan fingerprint density at radius 3 is 2.30 bits per heavy atom. The molecule has 8 heteroatoms. The van der Waals surface area contributed by atoms with E-state index in [1.807, 2.05) is 50.5 Å². The van der Waals surface area contributed by atoms with E-state index in [2.05, 4.69) is 20.5 Å². The summed E-state index contributed by atoms with van der Waals surface area (Å²) in [7, 11) is 2.54. The number of nitrogens with one attached hydrogen (secondary N) is 2. The van der Waals surface area contributed by atoms with E-state index in [1.165, 1.54) is 6.26 Å². The summed E-state index contributed by atoms with van der Waals surface area (Å²) in [5.74, 6) is 1.51. The molecule has 30 heavy (non-hydrogen) atoms. The molecule has 2 aromatic rings. The first-order chi connectivity index (χ1) is 14.2. The Morgan fingerprint density at radius 2 is 1.73 bits per heavy atom. The first-order valence-corrected chi connectivity index (χ1v) is 11.7. The minimum Gasteiger partial charge on any atom is -0.492 e. The average molecular weight is 433 g/mol. The van der Waals surface area contributed by atoms with Crippen LogP contribution < -0.4 is 15.4 Å². The maximum Gasteiger partial charge on any atom is 0.191 e. The molecule has 0 aliphatic carbocycles. The number of hydrogen-bond acceptors (Lipinski definition) is 5. The molecular weight excluding hydrogens is 400 g/mol. The number of hydrogen-bond donors (Lipinski definition) is 2. The van der Waals surface area contributed by atoms with Crippen molar-refractivity contribution in [2.75, 3.05) is 40.6 Å². The summed E-state index contributed by atoms with van der Waals surface area (Å²) in [5, 5.41) is 6.54. The number of aryl methyl sites for hydroxylation is 1. The highest BCUT2D eigenvalue weighted by atomic mass is 32.2. The molecule has 0 saturated heterocycles. The molecule has 0 bridgehead atoms. The third kappa shape index (κ3) is 7.68. The second-order valence-electron chi connectivity index (χ2n) is 7.45. The summed E-state index contributed by atoms with van der Waals surface area (Å²) in [6.07, 6.45) is 1.22. The molecule has 0 saturated carbocycles. The Kier molecular flexibility index (Phi) is 8.68. The number of likely N-dealkylation sites (N-methyl/N-ethyl adjacent to an activating group) is 1. The van der Waals surface area contributed by atoms with Gasteiger partial charge in [0.15, 0.2) is 15.8 Å². The summed E-state index contributed by atoms with van der Waals surface area (Å²) in [4.78, 5) is 6.69. The minimum absolute atomic E-state index is 0.362. The van der Waals surface area contributed by atoms with Gasteiger partial charge in [0.05, 0.1) is 4.90 Å². The van der Waals surface area contributed by atoms with Gasteiger partial charge in [0, 0.05) is 32.9 Å². The van der Waals surface area contributed by atoms with Gasteiger partial charge in [0.2, 0.25) is 0 Å². The molecule has 2 rings (SSSR count). The SMILES string of the molecule is CN=C(NCc1cccc(OCCN(C)C)c1)NCc1ccc(S(C)(=O)=O)c(C)c1. The van der Waals surface area contributed by atoms with Crippen molar-refractivity contribution >= 4 is 15.8 Å². The summed E-state index contributed by atoms with van der Waals surface area (Å²) in [6.45, 7) is 4.46. The van der Waals surface area contributed by atoms with Crippen molar-refractivity contribution in [2.24, 2.45) is 4.99 Å². The summed E-state index contributed by atoms with van der Waals surface area (Å²) in [5.41, 5.74) is 2.82. The van der Waals surface area contributed by atoms with Crippen LogP contribution in [0.5, 0.6) is 5.75 Å². The standard InChI is InChI=1S/C22H32N4O3S/c1-17-13-19(9-10-21(17)30(5,27)28)16-25-22(23-2)24-15-18-7-6-8-20(14-18)29-12-11-26(3)4/h6-10,13-14H,11-12,15-16H2,1-5H3,(H2,23,24,25). The number of nitrogens with zero attached hydrogens (tertiary/aromatic N) is 2. The van der Waals surface area contributed by atoms with Crippen LogP contribution in [0.1, 0.15) is 16.7 Å². The smallest absolute Gasteiger partial charge is 0.191 e. The van der Waals surface area contributed by atoms with Gasteiger partial charge in [-0.15, -0.1) is 0 Å². The fourth-order valence-electron chi connectivity index (χ4n) is 2.92. The van der Waals surface area contributed by atoms with Crippen LogP contribution in [-0.4, -0.2) is 59.8 Å². The lowest BCUT2D eigenvalue weighted by molar-refractivity contribution is 0.261. The van der Waals surface area contributed by atoms with Crippen LogP contribution in [0.4, 0.5) is 0 Å². The molecule has 0 aromatic heterocycles. The Bertz CT molecular complexity index is 972. The number of guanidine groups is 1. The van der Waals surface area contributed by atoms with Crippen LogP contribution in [0, 0.1) is 6.92 Å². The number of ether oxygens (including phenoxy) is 1. The Labute approximate surface area is 180 Å². The lowest BCUT2D eigenvalue weighted by Gasteiger charge is -2.14. The van der Waals surface area contributed by atoms with Crippen molar-refractivity contribution in [3.05, 3.63) is 59.2 Å². The van der Waals surface area contributed by atoms with E-state index in [4.69, 9.17) is 4.74 Å². The van der Waals surface area contributed by atoms with Crippen molar-refractivity contribution in [2.45, 2.75) is 24.9 Å². The van der Waals surface area contributed by atoms with E-state index in [-0.39, 0.29) is 0 Å². The third-order valence-electron chi connectivity index (χ3n) is 4.49.